The zero-order chi connectivity index (χ0) is 17.6. The third-order valence-electron chi connectivity index (χ3n) is 3.45. The molecule has 128 valence electrons. The van der Waals surface area contributed by atoms with Crippen molar-refractivity contribution in [3.8, 4) is 0 Å². The smallest absolute Gasteiger partial charge is 0.335 e. The monoisotopic (exact) mass is 354 g/mol. The van der Waals surface area contributed by atoms with E-state index < -0.39 is 18.0 Å². The maximum absolute atomic E-state index is 14.6. The molecule has 1 atom stereocenters. The second-order valence-corrected chi connectivity index (χ2v) is 5.56. The number of esters is 1. The van der Waals surface area contributed by atoms with Gasteiger partial charge in [0.15, 0.2) is 6.10 Å². The largest absolute Gasteiger partial charge is 0.464 e. The van der Waals surface area contributed by atoms with Gasteiger partial charge in [-0.2, -0.15) is 8.78 Å². The molecule has 1 saturated heterocycles. The molecule has 3 nitrogen and oxygen atoms in total. The van der Waals surface area contributed by atoms with E-state index >= 15 is 0 Å². The van der Waals surface area contributed by atoms with Crippen LogP contribution in [0.3, 0.4) is 0 Å². The molecular formula is C18H17ClF2O3. The van der Waals surface area contributed by atoms with E-state index in [9.17, 15) is 13.6 Å². The number of carbonyl (C=O) groups is 1. The minimum Gasteiger partial charge on any atom is -0.464 e. The van der Waals surface area contributed by atoms with Gasteiger partial charge in [-0.05, 0) is 12.1 Å². The van der Waals surface area contributed by atoms with E-state index in [0.29, 0.717) is 18.1 Å². The Morgan fingerprint density at radius 2 is 2.12 bits per heavy atom. The molecule has 6 heteroatoms. The molecule has 0 aromatic heterocycles. The third kappa shape index (κ3) is 4.52. The van der Waals surface area contributed by atoms with E-state index in [1.807, 2.05) is 0 Å². The second kappa shape index (κ2) is 8.22. The standard InChI is InChI=1S/C18H17ClF2O3/c1-2-4-13(5-3-11-23-16-10-12-24-17(16)22)18(20,21)14-6-8-15(19)9-7-14/h2-9,16H,1,10-12H2/b5-3-,13-4+. The molecule has 1 aliphatic heterocycles. The predicted octanol–water partition coefficient (Wildman–Crippen LogP) is 4.43. The highest BCUT2D eigenvalue weighted by atomic mass is 35.5. The van der Waals surface area contributed by atoms with Gasteiger partial charge in [0, 0.05) is 22.6 Å². The van der Waals surface area contributed by atoms with E-state index in [1.54, 1.807) is 0 Å². The van der Waals surface area contributed by atoms with Crippen molar-refractivity contribution in [1.82, 2.24) is 0 Å². The highest BCUT2D eigenvalue weighted by Crippen LogP contribution is 2.37. The van der Waals surface area contributed by atoms with E-state index in [2.05, 4.69) is 6.58 Å². The number of carbonyl (C=O) groups excluding carboxylic acids is 1. The number of cyclic esters (lactones) is 1. The highest BCUT2D eigenvalue weighted by molar-refractivity contribution is 6.30. The summed E-state index contributed by atoms with van der Waals surface area (Å²) in [5.41, 5.74) is -0.414. The number of hydrogen-bond acceptors (Lipinski definition) is 3. The fourth-order valence-corrected chi connectivity index (χ4v) is 2.32. The zero-order valence-corrected chi connectivity index (χ0v) is 13.6. The van der Waals surface area contributed by atoms with Crippen LogP contribution in [0.15, 0.2) is 60.7 Å². The van der Waals surface area contributed by atoms with Crippen LogP contribution in [0.5, 0.6) is 0 Å². The van der Waals surface area contributed by atoms with Gasteiger partial charge in [-0.15, -0.1) is 0 Å². The van der Waals surface area contributed by atoms with Gasteiger partial charge in [0.05, 0.1) is 13.2 Å². The zero-order valence-electron chi connectivity index (χ0n) is 12.9. The van der Waals surface area contributed by atoms with Crippen molar-refractivity contribution < 1.29 is 23.0 Å². The summed E-state index contributed by atoms with van der Waals surface area (Å²) in [6.45, 7) is 3.82. The Labute approximate surface area is 144 Å². The quantitative estimate of drug-likeness (QED) is 0.536. The number of benzene rings is 1. The average molecular weight is 355 g/mol. The van der Waals surface area contributed by atoms with E-state index in [1.165, 1.54) is 48.6 Å². The van der Waals surface area contributed by atoms with Gasteiger partial charge < -0.3 is 9.47 Å². The third-order valence-corrected chi connectivity index (χ3v) is 3.70. The number of hydrogen-bond donors (Lipinski definition) is 0. The molecule has 1 fully saturated rings. The predicted molar refractivity (Wildman–Crippen MR) is 88.1 cm³/mol. The van der Waals surface area contributed by atoms with Gasteiger partial charge in [-0.1, -0.05) is 54.6 Å². The van der Waals surface area contributed by atoms with Crippen molar-refractivity contribution in [2.75, 3.05) is 13.2 Å². The summed E-state index contributed by atoms with van der Waals surface area (Å²) < 4.78 is 39.3. The molecule has 0 saturated carbocycles. The van der Waals surface area contributed by atoms with E-state index in [-0.39, 0.29) is 17.7 Å². The summed E-state index contributed by atoms with van der Waals surface area (Å²) >= 11 is 5.73. The Morgan fingerprint density at radius 1 is 1.42 bits per heavy atom. The van der Waals surface area contributed by atoms with E-state index in [4.69, 9.17) is 21.1 Å². The Bertz CT molecular complexity index is 651. The fourth-order valence-electron chi connectivity index (χ4n) is 2.19. The van der Waals surface area contributed by atoms with Gasteiger partial charge in [0.25, 0.3) is 5.92 Å². The van der Waals surface area contributed by atoms with Crippen LogP contribution in [0.1, 0.15) is 12.0 Å². The van der Waals surface area contributed by atoms with Crippen LogP contribution in [0, 0.1) is 0 Å². The molecule has 1 aromatic rings. The first-order valence-electron chi connectivity index (χ1n) is 7.37. The van der Waals surface area contributed by atoms with Crippen molar-refractivity contribution in [3.63, 3.8) is 0 Å². The molecular weight excluding hydrogens is 338 g/mol. The Morgan fingerprint density at radius 3 is 2.71 bits per heavy atom. The summed E-state index contributed by atoms with van der Waals surface area (Å²) in [5, 5.41) is 0.385. The van der Waals surface area contributed by atoms with Gasteiger partial charge in [-0.3, -0.25) is 0 Å². The maximum Gasteiger partial charge on any atom is 0.335 e. The van der Waals surface area contributed by atoms with Crippen molar-refractivity contribution >= 4 is 17.6 Å². The van der Waals surface area contributed by atoms with Gasteiger partial charge >= 0.3 is 5.97 Å². The van der Waals surface area contributed by atoms with Gasteiger partial charge in [0.2, 0.25) is 0 Å². The average Bonchev–Trinajstić information content (AvgIpc) is 2.96. The molecule has 0 N–H and O–H groups in total. The minimum absolute atomic E-state index is 0.0327. The molecule has 0 amide bonds. The molecule has 0 aliphatic carbocycles. The van der Waals surface area contributed by atoms with Crippen LogP contribution in [-0.4, -0.2) is 25.3 Å². The van der Waals surface area contributed by atoms with Crippen molar-refractivity contribution in [2.45, 2.75) is 18.4 Å². The number of rotatable bonds is 7. The van der Waals surface area contributed by atoms with Crippen LogP contribution >= 0.6 is 11.6 Å². The van der Waals surface area contributed by atoms with Crippen molar-refractivity contribution in [2.24, 2.45) is 0 Å². The Balaban J connectivity index is 2.06. The van der Waals surface area contributed by atoms with Crippen LogP contribution in [-0.2, 0) is 20.2 Å². The first-order valence-corrected chi connectivity index (χ1v) is 7.75. The topological polar surface area (TPSA) is 35.5 Å². The number of ether oxygens (including phenoxy) is 2. The summed E-state index contributed by atoms with van der Waals surface area (Å²) in [4.78, 5) is 11.2. The minimum atomic E-state index is -3.21. The first kappa shape index (κ1) is 18.4. The summed E-state index contributed by atoms with van der Waals surface area (Å²) in [6, 6.07) is 5.37. The van der Waals surface area contributed by atoms with Gasteiger partial charge in [0.1, 0.15) is 0 Å². The molecule has 0 radical (unpaired) electrons. The molecule has 24 heavy (non-hydrogen) atoms. The first-order chi connectivity index (χ1) is 11.4. The molecule has 1 aliphatic rings. The molecule has 1 unspecified atom stereocenters. The summed E-state index contributed by atoms with van der Waals surface area (Å²) in [7, 11) is 0. The summed E-state index contributed by atoms with van der Waals surface area (Å²) in [6.07, 6.45) is 5.07. The lowest BCUT2D eigenvalue weighted by molar-refractivity contribution is -0.146. The van der Waals surface area contributed by atoms with Crippen LogP contribution in [0.4, 0.5) is 8.78 Å². The molecule has 0 bridgehead atoms. The Hall–Kier alpha value is -1.98. The lowest BCUT2D eigenvalue weighted by Gasteiger charge is -2.18. The normalized spacial score (nSPS) is 18.9. The number of alkyl halides is 2. The highest BCUT2D eigenvalue weighted by Gasteiger charge is 2.34. The SMILES string of the molecule is C=C/C=C(\C=C/COC1CCOC1=O)C(F)(F)c1ccc(Cl)cc1. The van der Waals surface area contributed by atoms with Crippen LogP contribution in [0.25, 0.3) is 0 Å². The lowest BCUT2D eigenvalue weighted by Crippen LogP contribution is -2.18. The summed E-state index contributed by atoms with van der Waals surface area (Å²) in [5.74, 6) is -3.63. The molecule has 2 rings (SSSR count). The maximum atomic E-state index is 14.6. The molecule has 1 heterocycles. The second-order valence-electron chi connectivity index (χ2n) is 5.12. The molecule has 0 spiro atoms. The lowest BCUT2D eigenvalue weighted by atomic mass is 9.99. The van der Waals surface area contributed by atoms with Crippen molar-refractivity contribution in [3.05, 3.63) is 71.3 Å². The van der Waals surface area contributed by atoms with Gasteiger partial charge in [-0.25, -0.2) is 4.79 Å². The van der Waals surface area contributed by atoms with Crippen LogP contribution in [0.2, 0.25) is 5.02 Å². The van der Waals surface area contributed by atoms with Crippen LogP contribution < -0.4 is 0 Å². The fraction of sp³-hybridized carbons (Fsp3) is 0.278. The number of halogens is 3. The van der Waals surface area contributed by atoms with Crippen molar-refractivity contribution in [1.29, 1.82) is 0 Å². The van der Waals surface area contributed by atoms with E-state index in [0.717, 1.165) is 0 Å². The Kier molecular flexibility index (Phi) is 6.29. The molecule has 1 aromatic carbocycles. The number of allylic oxidation sites excluding steroid dienone is 4.